The van der Waals surface area contributed by atoms with E-state index in [1.807, 2.05) is 30.3 Å². The minimum absolute atomic E-state index is 0. The topological polar surface area (TPSA) is 66.4 Å². The van der Waals surface area contributed by atoms with Crippen LogP contribution in [0.25, 0.3) is 0 Å². The van der Waals surface area contributed by atoms with E-state index in [-0.39, 0.29) is 48.6 Å². The molecule has 1 aromatic rings. The number of nitrogens with zero attached hydrogens (tertiary/aromatic N) is 3. The molecule has 1 unspecified atom stereocenters. The molecule has 0 radical (unpaired) electrons. The van der Waals surface area contributed by atoms with E-state index >= 15 is 0 Å². The highest BCUT2D eigenvalue weighted by Gasteiger charge is 2.24. The largest absolute Gasteiger partial charge is 0.490 e. The van der Waals surface area contributed by atoms with Gasteiger partial charge in [0, 0.05) is 53.2 Å². The van der Waals surface area contributed by atoms with Crippen LogP contribution in [0.1, 0.15) is 32.1 Å². The van der Waals surface area contributed by atoms with Crippen molar-refractivity contribution in [1.29, 1.82) is 0 Å². The number of rotatable bonds is 6. The summed E-state index contributed by atoms with van der Waals surface area (Å²) in [7, 11) is 3.51. The van der Waals surface area contributed by atoms with E-state index in [0.29, 0.717) is 0 Å². The minimum Gasteiger partial charge on any atom is -0.490 e. The fourth-order valence-corrected chi connectivity index (χ4v) is 3.60. The molecule has 168 valence electrons. The molecule has 1 aromatic carbocycles. The van der Waals surface area contributed by atoms with Crippen LogP contribution in [0.2, 0.25) is 0 Å². The van der Waals surface area contributed by atoms with Crippen molar-refractivity contribution in [2.45, 2.75) is 44.3 Å². The smallest absolute Gasteiger partial charge is 0.243 e. The van der Waals surface area contributed by atoms with Gasteiger partial charge < -0.3 is 24.6 Å². The molecule has 1 amide bonds. The maximum absolute atomic E-state index is 12.0. The van der Waals surface area contributed by atoms with Crippen molar-refractivity contribution in [1.82, 2.24) is 15.1 Å². The Bertz CT molecular complexity index is 658. The number of halogens is 1. The molecule has 7 nitrogen and oxygen atoms in total. The first-order chi connectivity index (χ1) is 14.1. The molecule has 2 heterocycles. The zero-order valence-corrected chi connectivity index (χ0v) is 20.4. The molecule has 3 rings (SSSR count). The first-order valence-corrected chi connectivity index (χ1v) is 10.7. The number of guanidine groups is 1. The highest BCUT2D eigenvalue weighted by Crippen LogP contribution is 2.19. The normalized spacial score (nSPS) is 20.3. The van der Waals surface area contributed by atoms with Crippen molar-refractivity contribution in [3.8, 4) is 5.75 Å². The second-order valence-corrected chi connectivity index (χ2v) is 7.91. The van der Waals surface area contributed by atoms with Crippen LogP contribution in [0.4, 0.5) is 0 Å². The number of aliphatic imine (C=N–C) groups is 1. The number of carbonyl (C=O) groups is 1. The Morgan fingerprint density at radius 3 is 2.57 bits per heavy atom. The maximum Gasteiger partial charge on any atom is 0.243 e. The van der Waals surface area contributed by atoms with Crippen LogP contribution in [-0.4, -0.2) is 80.8 Å². The molecule has 2 saturated heterocycles. The van der Waals surface area contributed by atoms with Gasteiger partial charge in [-0.1, -0.05) is 18.2 Å². The van der Waals surface area contributed by atoms with Crippen molar-refractivity contribution in [3.05, 3.63) is 30.3 Å². The van der Waals surface area contributed by atoms with Gasteiger partial charge in [-0.15, -0.1) is 24.0 Å². The summed E-state index contributed by atoms with van der Waals surface area (Å²) in [6.07, 6.45) is 5.71. The minimum atomic E-state index is 0. The van der Waals surface area contributed by atoms with Gasteiger partial charge in [0.1, 0.15) is 18.4 Å². The SMILES string of the molecule is CN(C)C(=O)CN=C(NCC1CCCCO1)N1CCC(Oc2ccccc2)CC1.I. The lowest BCUT2D eigenvalue weighted by Crippen LogP contribution is -2.49. The van der Waals surface area contributed by atoms with Crippen LogP contribution in [0.3, 0.4) is 0 Å². The molecule has 8 heteroatoms. The summed E-state index contributed by atoms with van der Waals surface area (Å²) in [6.45, 7) is 3.42. The van der Waals surface area contributed by atoms with Gasteiger partial charge in [0.2, 0.25) is 5.91 Å². The van der Waals surface area contributed by atoms with Gasteiger partial charge >= 0.3 is 0 Å². The first kappa shape index (κ1) is 24.7. The summed E-state index contributed by atoms with van der Waals surface area (Å²) >= 11 is 0. The van der Waals surface area contributed by atoms with Crippen LogP contribution in [0.5, 0.6) is 5.75 Å². The number of likely N-dealkylation sites (N-methyl/N-ethyl adjacent to an activating group) is 1. The van der Waals surface area contributed by atoms with Gasteiger partial charge in [-0.3, -0.25) is 4.79 Å². The third-order valence-electron chi connectivity index (χ3n) is 5.41. The third kappa shape index (κ3) is 7.94. The molecule has 2 aliphatic rings. The number of piperidine rings is 1. The van der Waals surface area contributed by atoms with E-state index in [4.69, 9.17) is 9.47 Å². The Balaban J connectivity index is 0.00000320. The average Bonchev–Trinajstić information content (AvgIpc) is 2.76. The highest BCUT2D eigenvalue weighted by molar-refractivity contribution is 14.0. The number of para-hydroxylation sites is 1. The average molecular weight is 530 g/mol. The van der Waals surface area contributed by atoms with E-state index in [9.17, 15) is 4.79 Å². The number of hydrogen-bond donors (Lipinski definition) is 1. The first-order valence-electron chi connectivity index (χ1n) is 10.7. The van der Waals surface area contributed by atoms with Crippen molar-refractivity contribution in [2.24, 2.45) is 4.99 Å². The molecule has 0 saturated carbocycles. The van der Waals surface area contributed by atoms with Gasteiger partial charge in [-0.05, 0) is 31.4 Å². The van der Waals surface area contributed by atoms with Crippen molar-refractivity contribution in [2.75, 3.05) is 46.9 Å². The fraction of sp³-hybridized carbons (Fsp3) is 0.636. The zero-order chi connectivity index (χ0) is 20.5. The molecule has 0 bridgehead atoms. The Labute approximate surface area is 197 Å². The van der Waals surface area contributed by atoms with E-state index in [2.05, 4.69) is 15.2 Å². The molecule has 1 N–H and O–H groups in total. The second kappa shape index (κ2) is 13.0. The van der Waals surface area contributed by atoms with E-state index < -0.39 is 0 Å². The van der Waals surface area contributed by atoms with Crippen LogP contribution in [-0.2, 0) is 9.53 Å². The lowest BCUT2D eigenvalue weighted by Gasteiger charge is -2.35. The van der Waals surface area contributed by atoms with Gasteiger partial charge in [0.15, 0.2) is 5.96 Å². The van der Waals surface area contributed by atoms with Crippen LogP contribution in [0.15, 0.2) is 35.3 Å². The summed E-state index contributed by atoms with van der Waals surface area (Å²) in [6, 6.07) is 9.98. The van der Waals surface area contributed by atoms with Gasteiger partial charge in [0.05, 0.1) is 6.10 Å². The lowest BCUT2D eigenvalue weighted by atomic mass is 10.1. The third-order valence-corrected chi connectivity index (χ3v) is 5.41. The summed E-state index contributed by atoms with van der Waals surface area (Å²) < 4.78 is 11.9. The Morgan fingerprint density at radius 1 is 1.20 bits per heavy atom. The van der Waals surface area contributed by atoms with Crippen molar-refractivity contribution >= 4 is 35.8 Å². The predicted octanol–water partition coefficient (Wildman–Crippen LogP) is 2.75. The van der Waals surface area contributed by atoms with E-state index in [1.165, 1.54) is 6.42 Å². The maximum atomic E-state index is 12.0. The van der Waals surface area contributed by atoms with Gasteiger partial charge in [0.25, 0.3) is 0 Å². The number of carbonyl (C=O) groups excluding carboxylic acids is 1. The number of hydrogen-bond acceptors (Lipinski definition) is 4. The molecular weight excluding hydrogens is 495 g/mol. The van der Waals surface area contributed by atoms with E-state index in [1.54, 1.807) is 19.0 Å². The zero-order valence-electron chi connectivity index (χ0n) is 18.1. The lowest BCUT2D eigenvalue weighted by molar-refractivity contribution is -0.127. The second-order valence-electron chi connectivity index (χ2n) is 7.91. The molecule has 30 heavy (non-hydrogen) atoms. The molecule has 0 aromatic heterocycles. The Morgan fingerprint density at radius 2 is 1.93 bits per heavy atom. The predicted molar refractivity (Wildman–Crippen MR) is 130 cm³/mol. The summed E-state index contributed by atoms with van der Waals surface area (Å²) in [5.41, 5.74) is 0. The Hall–Kier alpha value is -1.55. The highest BCUT2D eigenvalue weighted by atomic mass is 127. The molecule has 1 atom stereocenters. The number of ether oxygens (including phenoxy) is 2. The van der Waals surface area contributed by atoms with Gasteiger partial charge in [-0.25, -0.2) is 4.99 Å². The molecule has 0 aliphatic carbocycles. The molecule has 2 aliphatic heterocycles. The number of nitrogens with one attached hydrogen (secondary N) is 1. The summed E-state index contributed by atoms with van der Waals surface area (Å²) in [4.78, 5) is 20.4. The fourth-order valence-electron chi connectivity index (χ4n) is 3.60. The van der Waals surface area contributed by atoms with E-state index in [0.717, 1.165) is 63.6 Å². The molecule has 0 spiro atoms. The Kier molecular flexibility index (Phi) is 10.7. The summed E-state index contributed by atoms with van der Waals surface area (Å²) in [5, 5.41) is 3.46. The van der Waals surface area contributed by atoms with Crippen molar-refractivity contribution in [3.63, 3.8) is 0 Å². The van der Waals surface area contributed by atoms with Crippen LogP contribution in [0, 0.1) is 0 Å². The number of likely N-dealkylation sites (tertiary alicyclic amines) is 1. The molecular formula is C22H35IN4O3. The van der Waals surface area contributed by atoms with Crippen molar-refractivity contribution < 1.29 is 14.3 Å². The monoisotopic (exact) mass is 530 g/mol. The number of benzene rings is 1. The standard InChI is InChI=1S/C22H34N4O3.HI/c1-25(2)21(27)17-24-22(23-16-20-10-6-7-15-28-20)26-13-11-19(12-14-26)29-18-8-4-3-5-9-18;/h3-5,8-9,19-20H,6-7,10-17H2,1-2H3,(H,23,24);1H. The summed E-state index contributed by atoms with van der Waals surface area (Å²) in [5.74, 6) is 1.72. The van der Waals surface area contributed by atoms with Crippen LogP contribution < -0.4 is 10.1 Å². The number of amides is 1. The van der Waals surface area contributed by atoms with Crippen LogP contribution >= 0.6 is 24.0 Å². The quantitative estimate of drug-likeness (QED) is 0.348. The molecule has 2 fully saturated rings. The van der Waals surface area contributed by atoms with Gasteiger partial charge in [-0.2, -0.15) is 0 Å².